The van der Waals surface area contributed by atoms with Crippen molar-refractivity contribution in [3.63, 3.8) is 0 Å². The molecule has 0 fully saturated rings. The summed E-state index contributed by atoms with van der Waals surface area (Å²) >= 11 is 0. The number of fused-ring (bicyclic) bond motifs is 1. The molecule has 1 aliphatic rings. The lowest BCUT2D eigenvalue weighted by atomic mass is 10.1. The Morgan fingerprint density at radius 3 is 2.72 bits per heavy atom. The molecule has 0 amide bonds. The van der Waals surface area contributed by atoms with Crippen LogP contribution in [0.3, 0.4) is 0 Å². The van der Waals surface area contributed by atoms with E-state index in [-0.39, 0.29) is 17.8 Å². The Bertz CT molecular complexity index is 1340. The molecule has 5 rings (SSSR count). The van der Waals surface area contributed by atoms with Gasteiger partial charge in [-0.25, -0.2) is 19.3 Å². The fraction of sp³-hybridized carbons (Fsp3) is 0.321. The van der Waals surface area contributed by atoms with Crippen molar-refractivity contribution in [2.45, 2.75) is 38.8 Å². The summed E-state index contributed by atoms with van der Waals surface area (Å²) in [5.74, 6) is 1.83. The monoisotopic (exact) mass is 486 g/mol. The molecule has 4 aromatic rings. The first-order chi connectivity index (χ1) is 17.6. The molecule has 0 saturated heterocycles. The van der Waals surface area contributed by atoms with Crippen molar-refractivity contribution in [1.82, 2.24) is 24.4 Å². The number of benzene rings is 2. The van der Waals surface area contributed by atoms with E-state index in [1.165, 1.54) is 17.7 Å². The average molecular weight is 487 g/mol. The maximum Gasteiger partial charge on any atom is 0.220 e. The van der Waals surface area contributed by atoms with Gasteiger partial charge in [-0.05, 0) is 67.4 Å². The number of hydrogen-bond donors (Lipinski definition) is 1. The standard InChI is InChI=1S/C28H31FN6O/c1-3-15-34(17-19-5-4-6-23(16-19)36-2)18-22-11-12-25-33-26(20-7-9-21(29)10-8-20)27(35(22)25)24-13-14-31-28(30)32-24/h4-10,13-14,16,22H,3,11-12,15,17-18H2,1-2H3,(H2,30,31,32). The quantitative estimate of drug-likeness (QED) is 0.353. The Hall–Kier alpha value is -3.78. The van der Waals surface area contributed by atoms with Crippen LogP contribution in [0.15, 0.2) is 60.8 Å². The Kier molecular flexibility index (Phi) is 6.95. The summed E-state index contributed by atoms with van der Waals surface area (Å²) in [6, 6.07) is 16.8. The minimum atomic E-state index is -0.274. The first-order valence-electron chi connectivity index (χ1n) is 12.4. The molecule has 2 aromatic heterocycles. The van der Waals surface area contributed by atoms with E-state index in [1.807, 2.05) is 18.2 Å². The van der Waals surface area contributed by atoms with Gasteiger partial charge in [0.15, 0.2) is 0 Å². The van der Waals surface area contributed by atoms with Gasteiger partial charge in [0.1, 0.15) is 17.4 Å². The summed E-state index contributed by atoms with van der Waals surface area (Å²) < 4.78 is 21.4. The number of aromatic nitrogens is 4. The van der Waals surface area contributed by atoms with Crippen LogP contribution >= 0.6 is 0 Å². The van der Waals surface area contributed by atoms with E-state index in [4.69, 9.17) is 15.5 Å². The number of nitrogens with two attached hydrogens (primary N) is 1. The number of ether oxygens (including phenoxy) is 1. The lowest BCUT2D eigenvalue weighted by Crippen LogP contribution is -2.30. The highest BCUT2D eigenvalue weighted by Crippen LogP contribution is 2.39. The summed E-state index contributed by atoms with van der Waals surface area (Å²) in [7, 11) is 1.70. The van der Waals surface area contributed by atoms with Gasteiger partial charge in [-0.2, -0.15) is 0 Å². The van der Waals surface area contributed by atoms with Gasteiger partial charge in [0.05, 0.1) is 24.2 Å². The zero-order chi connectivity index (χ0) is 25.1. The third-order valence-corrected chi connectivity index (χ3v) is 6.63. The van der Waals surface area contributed by atoms with E-state index in [2.05, 4.69) is 38.5 Å². The number of imidazole rings is 1. The van der Waals surface area contributed by atoms with Gasteiger partial charge in [-0.1, -0.05) is 19.1 Å². The molecule has 2 N–H and O–H groups in total. The molecule has 8 heteroatoms. The van der Waals surface area contributed by atoms with E-state index in [0.717, 1.165) is 73.1 Å². The smallest absolute Gasteiger partial charge is 0.220 e. The molecule has 36 heavy (non-hydrogen) atoms. The molecule has 0 aliphatic carbocycles. The molecule has 1 unspecified atom stereocenters. The number of nitrogens with zero attached hydrogens (tertiary/aromatic N) is 5. The molecular weight excluding hydrogens is 455 g/mol. The van der Waals surface area contributed by atoms with Crippen molar-refractivity contribution in [3.05, 3.63) is 78.0 Å². The van der Waals surface area contributed by atoms with Crippen LogP contribution in [0.25, 0.3) is 22.6 Å². The number of nitrogen functional groups attached to an aromatic ring is 1. The summed E-state index contributed by atoms with van der Waals surface area (Å²) in [6.45, 7) is 4.91. The number of aryl methyl sites for hydroxylation is 1. The Morgan fingerprint density at radius 1 is 1.14 bits per heavy atom. The SMILES string of the molecule is CCCN(Cc1cccc(OC)c1)CC1CCc2nc(-c3ccc(F)cc3)c(-c3ccnc(N)n3)n21. The van der Waals surface area contributed by atoms with E-state index < -0.39 is 0 Å². The molecule has 0 saturated carbocycles. The summed E-state index contributed by atoms with van der Waals surface area (Å²) in [5, 5.41) is 0. The van der Waals surface area contributed by atoms with Crippen molar-refractivity contribution in [3.8, 4) is 28.4 Å². The Labute approximate surface area is 210 Å². The van der Waals surface area contributed by atoms with Crippen LogP contribution in [0, 0.1) is 5.82 Å². The van der Waals surface area contributed by atoms with Gasteiger partial charge < -0.3 is 15.0 Å². The fourth-order valence-corrected chi connectivity index (χ4v) is 5.08. The zero-order valence-electron chi connectivity index (χ0n) is 20.7. The number of rotatable bonds is 9. The van der Waals surface area contributed by atoms with Crippen LogP contribution in [-0.4, -0.2) is 44.6 Å². The first-order valence-corrected chi connectivity index (χ1v) is 12.4. The van der Waals surface area contributed by atoms with E-state index in [1.54, 1.807) is 25.4 Å². The highest BCUT2D eigenvalue weighted by molar-refractivity contribution is 5.78. The van der Waals surface area contributed by atoms with E-state index in [9.17, 15) is 4.39 Å². The highest BCUT2D eigenvalue weighted by atomic mass is 19.1. The van der Waals surface area contributed by atoms with Gasteiger partial charge in [0.2, 0.25) is 5.95 Å². The van der Waals surface area contributed by atoms with Crippen molar-refractivity contribution >= 4 is 5.95 Å². The average Bonchev–Trinajstić information content (AvgIpc) is 3.44. The minimum absolute atomic E-state index is 0.216. The maximum atomic E-state index is 13.7. The molecule has 7 nitrogen and oxygen atoms in total. The van der Waals surface area contributed by atoms with Crippen molar-refractivity contribution < 1.29 is 9.13 Å². The molecule has 0 radical (unpaired) electrons. The lowest BCUT2D eigenvalue weighted by Gasteiger charge is -2.27. The summed E-state index contributed by atoms with van der Waals surface area (Å²) in [4.78, 5) is 16.1. The lowest BCUT2D eigenvalue weighted by molar-refractivity contribution is 0.227. The molecule has 0 spiro atoms. The predicted octanol–water partition coefficient (Wildman–Crippen LogP) is 5.14. The normalized spacial score (nSPS) is 14.8. The fourth-order valence-electron chi connectivity index (χ4n) is 5.08. The van der Waals surface area contributed by atoms with E-state index >= 15 is 0 Å². The highest BCUT2D eigenvalue weighted by Gasteiger charge is 2.32. The van der Waals surface area contributed by atoms with Crippen LogP contribution < -0.4 is 10.5 Å². The topological polar surface area (TPSA) is 82.1 Å². The van der Waals surface area contributed by atoms with Gasteiger partial charge in [-0.15, -0.1) is 0 Å². The van der Waals surface area contributed by atoms with Crippen LogP contribution in [-0.2, 0) is 13.0 Å². The number of methoxy groups -OCH3 is 1. The second-order valence-electron chi connectivity index (χ2n) is 9.18. The second-order valence-corrected chi connectivity index (χ2v) is 9.18. The van der Waals surface area contributed by atoms with E-state index in [0.29, 0.717) is 0 Å². The van der Waals surface area contributed by atoms with Crippen molar-refractivity contribution in [1.29, 1.82) is 0 Å². The van der Waals surface area contributed by atoms with Gasteiger partial charge in [0.25, 0.3) is 0 Å². The number of halogens is 1. The van der Waals surface area contributed by atoms with Crippen LogP contribution in [0.5, 0.6) is 5.75 Å². The second kappa shape index (κ2) is 10.5. The third-order valence-electron chi connectivity index (χ3n) is 6.63. The largest absolute Gasteiger partial charge is 0.497 e. The summed E-state index contributed by atoms with van der Waals surface area (Å²) in [6.07, 6.45) is 4.60. The van der Waals surface area contributed by atoms with Gasteiger partial charge in [0, 0.05) is 37.3 Å². The maximum absolute atomic E-state index is 13.7. The molecule has 2 aromatic carbocycles. The van der Waals surface area contributed by atoms with Crippen molar-refractivity contribution in [2.24, 2.45) is 0 Å². The van der Waals surface area contributed by atoms with Gasteiger partial charge in [-0.3, -0.25) is 4.90 Å². The van der Waals surface area contributed by atoms with Crippen LogP contribution in [0.2, 0.25) is 0 Å². The summed E-state index contributed by atoms with van der Waals surface area (Å²) in [5.41, 5.74) is 10.5. The molecule has 1 atom stereocenters. The first kappa shape index (κ1) is 23.9. The van der Waals surface area contributed by atoms with Gasteiger partial charge >= 0.3 is 0 Å². The number of anilines is 1. The molecule has 3 heterocycles. The number of hydrogen-bond acceptors (Lipinski definition) is 6. The molecular formula is C28H31FN6O. The predicted molar refractivity (Wildman–Crippen MR) is 139 cm³/mol. The third kappa shape index (κ3) is 4.95. The molecule has 1 aliphatic heterocycles. The zero-order valence-corrected chi connectivity index (χ0v) is 20.7. The Morgan fingerprint density at radius 2 is 1.97 bits per heavy atom. The van der Waals surface area contributed by atoms with Crippen molar-refractivity contribution in [2.75, 3.05) is 25.9 Å². The van der Waals surface area contributed by atoms with Crippen LogP contribution in [0.4, 0.5) is 10.3 Å². The van der Waals surface area contributed by atoms with Crippen LogP contribution in [0.1, 0.15) is 37.2 Å². The molecule has 0 bridgehead atoms. The molecule has 186 valence electrons. The Balaban J connectivity index is 1.52. The minimum Gasteiger partial charge on any atom is -0.497 e.